The molecule has 1 aliphatic heterocycles. The summed E-state index contributed by atoms with van der Waals surface area (Å²) in [5.41, 5.74) is 0.871. The molecule has 4 heteroatoms. The molecule has 0 aromatic heterocycles. The smallest absolute Gasteiger partial charge is 0.123 e. The van der Waals surface area contributed by atoms with Crippen molar-refractivity contribution in [1.82, 2.24) is 5.32 Å². The quantitative estimate of drug-likeness (QED) is 0.899. The SMILES string of the molecule is CC1OCCC1(CNC(C)(C)C)Cc1cc(F)ccc1Cl. The molecule has 1 aliphatic rings. The van der Waals surface area contributed by atoms with E-state index in [1.54, 1.807) is 12.1 Å². The van der Waals surface area contributed by atoms with Gasteiger partial charge in [-0.1, -0.05) is 11.6 Å². The average Bonchev–Trinajstić information content (AvgIpc) is 2.73. The standard InChI is InChI=1S/C17H25ClFNO/c1-12-17(7-8-21-12,11-20-16(2,3)4)10-13-9-14(19)5-6-15(13)18/h5-6,9,12,20H,7-8,10-11H2,1-4H3. The van der Waals surface area contributed by atoms with Gasteiger partial charge in [-0.25, -0.2) is 4.39 Å². The first-order chi connectivity index (χ1) is 9.72. The van der Waals surface area contributed by atoms with Crippen molar-refractivity contribution >= 4 is 11.6 Å². The highest BCUT2D eigenvalue weighted by molar-refractivity contribution is 6.31. The van der Waals surface area contributed by atoms with Crippen LogP contribution in [0.1, 0.15) is 39.7 Å². The molecule has 2 rings (SSSR count). The van der Waals surface area contributed by atoms with Crippen LogP contribution in [0.3, 0.4) is 0 Å². The number of benzene rings is 1. The van der Waals surface area contributed by atoms with Gasteiger partial charge < -0.3 is 10.1 Å². The van der Waals surface area contributed by atoms with Gasteiger partial charge in [0.2, 0.25) is 0 Å². The highest BCUT2D eigenvalue weighted by Crippen LogP contribution is 2.39. The van der Waals surface area contributed by atoms with E-state index in [-0.39, 0.29) is 22.9 Å². The van der Waals surface area contributed by atoms with E-state index in [0.29, 0.717) is 5.02 Å². The summed E-state index contributed by atoms with van der Waals surface area (Å²) >= 11 is 6.25. The van der Waals surface area contributed by atoms with Crippen LogP contribution < -0.4 is 5.32 Å². The van der Waals surface area contributed by atoms with Crippen molar-refractivity contribution < 1.29 is 9.13 Å². The van der Waals surface area contributed by atoms with Gasteiger partial charge in [0.25, 0.3) is 0 Å². The van der Waals surface area contributed by atoms with Gasteiger partial charge in [-0.15, -0.1) is 0 Å². The lowest BCUT2D eigenvalue weighted by Gasteiger charge is -2.36. The third-order valence-electron chi connectivity index (χ3n) is 4.35. The number of ether oxygens (including phenoxy) is 1. The topological polar surface area (TPSA) is 21.3 Å². The van der Waals surface area contributed by atoms with Crippen LogP contribution in [0.4, 0.5) is 4.39 Å². The van der Waals surface area contributed by atoms with Crippen LogP contribution in [0.2, 0.25) is 5.02 Å². The molecule has 1 saturated heterocycles. The first-order valence-electron chi connectivity index (χ1n) is 7.52. The fourth-order valence-corrected chi connectivity index (χ4v) is 3.03. The average molecular weight is 314 g/mol. The highest BCUT2D eigenvalue weighted by Gasteiger charge is 2.42. The Morgan fingerprint density at radius 2 is 2.14 bits per heavy atom. The van der Waals surface area contributed by atoms with Gasteiger partial charge in [0.05, 0.1) is 6.10 Å². The van der Waals surface area contributed by atoms with Gasteiger partial charge in [-0.2, -0.15) is 0 Å². The van der Waals surface area contributed by atoms with Crippen LogP contribution in [0, 0.1) is 11.2 Å². The fraction of sp³-hybridized carbons (Fsp3) is 0.647. The summed E-state index contributed by atoms with van der Waals surface area (Å²) in [4.78, 5) is 0. The number of rotatable bonds is 4. The van der Waals surface area contributed by atoms with Crippen LogP contribution in [-0.2, 0) is 11.2 Å². The van der Waals surface area contributed by atoms with Gasteiger partial charge in [-0.3, -0.25) is 0 Å². The van der Waals surface area contributed by atoms with E-state index in [1.807, 2.05) is 0 Å². The second-order valence-electron chi connectivity index (χ2n) is 7.14. The predicted molar refractivity (Wildman–Crippen MR) is 85.3 cm³/mol. The normalized spacial score (nSPS) is 26.3. The van der Waals surface area contributed by atoms with Gasteiger partial charge in [-0.05, 0) is 64.3 Å². The molecule has 0 radical (unpaired) electrons. The van der Waals surface area contributed by atoms with Crippen LogP contribution in [0.15, 0.2) is 18.2 Å². The molecule has 21 heavy (non-hydrogen) atoms. The van der Waals surface area contributed by atoms with Gasteiger partial charge >= 0.3 is 0 Å². The molecular formula is C17H25ClFNO. The van der Waals surface area contributed by atoms with E-state index in [4.69, 9.17) is 16.3 Å². The van der Waals surface area contributed by atoms with Crippen LogP contribution in [0.5, 0.6) is 0 Å². The van der Waals surface area contributed by atoms with Crippen molar-refractivity contribution in [2.75, 3.05) is 13.2 Å². The van der Waals surface area contributed by atoms with Crippen molar-refractivity contribution in [3.8, 4) is 0 Å². The summed E-state index contributed by atoms with van der Waals surface area (Å²) in [5.74, 6) is -0.236. The Labute approximate surface area is 132 Å². The molecule has 0 bridgehead atoms. The maximum absolute atomic E-state index is 13.5. The summed E-state index contributed by atoms with van der Waals surface area (Å²) in [7, 11) is 0. The summed E-state index contributed by atoms with van der Waals surface area (Å²) in [6, 6.07) is 4.59. The number of hydrogen-bond acceptors (Lipinski definition) is 2. The molecule has 118 valence electrons. The zero-order chi connectivity index (χ0) is 15.7. The maximum atomic E-state index is 13.5. The molecule has 2 atom stereocenters. The lowest BCUT2D eigenvalue weighted by molar-refractivity contribution is 0.0597. The van der Waals surface area contributed by atoms with Crippen molar-refractivity contribution in [3.63, 3.8) is 0 Å². The summed E-state index contributed by atoms with van der Waals surface area (Å²) in [6.45, 7) is 10.1. The third-order valence-corrected chi connectivity index (χ3v) is 4.72. The highest BCUT2D eigenvalue weighted by atomic mass is 35.5. The summed E-state index contributed by atoms with van der Waals surface area (Å²) in [6.07, 6.45) is 1.82. The van der Waals surface area contributed by atoms with E-state index in [9.17, 15) is 4.39 Å². The third kappa shape index (κ3) is 4.18. The van der Waals surface area contributed by atoms with E-state index in [0.717, 1.165) is 31.6 Å². The molecule has 1 N–H and O–H groups in total. The Kier molecular flexibility index (Phi) is 4.96. The van der Waals surface area contributed by atoms with Crippen molar-refractivity contribution in [2.24, 2.45) is 5.41 Å². The first kappa shape index (κ1) is 16.7. The summed E-state index contributed by atoms with van der Waals surface area (Å²) < 4.78 is 19.3. The van der Waals surface area contributed by atoms with Gasteiger partial charge in [0.15, 0.2) is 0 Å². The van der Waals surface area contributed by atoms with Crippen molar-refractivity contribution in [3.05, 3.63) is 34.6 Å². The van der Waals surface area contributed by atoms with Crippen molar-refractivity contribution in [2.45, 2.75) is 52.2 Å². The van der Waals surface area contributed by atoms with Crippen LogP contribution in [0.25, 0.3) is 0 Å². The molecule has 0 amide bonds. The Hall–Kier alpha value is -0.640. The molecule has 1 aromatic carbocycles. The Morgan fingerprint density at radius 1 is 1.43 bits per heavy atom. The van der Waals surface area contributed by atoms with E-state index < -0.39 is 0 Å². The minimum Gasteiger partial charge on any atom is -0.378 e. The molecule has 0 spiro atoms. The first-order valence-corrected chi connectivity index (χ1v) is 7.90. The Morgan fingerprint density at radius 3 is 2.71 bits per heavy atom. The molecule has 1 aromatic rings. The minimum absolute atomic E-state index is 0.0370. The number of nitrogens with one attached hydrogen (secondary N) is 1. The molecule has 0 aliphatic carbocycles. The largest absolute Gasteiger partial charge is 0.378 e. The predicted octanol–water partition coefficient (Wildman–Crippen LogP) is 4.20. The van der Waals surface area contributed by atoms with E-state index in [2.05, 4.69) is 33.0 Å². The summed E-state index contributed by atoms with van der Waals surface area (Å²) in [5, 5.41) is 4.20. The molecule has 1 heterocycles. The molecule has 1 fully saturated rings. The van der Waals surface area contributed by atoms with E-state index in [1.165, 1.54) is 6.07 Å². The Bertz CT molecular complexity index is 500. The molecule has 2 nitrogen and oxygen atoms in total. The lowest BCUT2D eigenvalue weighted by atomic mass is 9.75. The van der Waals surface area contributed by atoms with Gasteiger partial charge in [0, 0.05) is 29.1 Å². The Balaban J connectivity index is 2.22. The fourth-order valence-electron chi connectivity index (χ4n) is 2.85. The van der Waals surface area contributed by atoms with Gasteiger partial charge in [0.1, 0.15) is 5.82 Å². The van der Waals surface area contributed by atoms with Crippen molar-refractivity contribution in [1.29, 1.82) is 0 Å². The molecule has 2 unspecified atom stereocenters. The minimum atomic E-state index is -0.236. The monoisotopic (exact) mass is 313 g/mol. The van der Waals surface area contributed by atoms with Crippen LogP contribution >= 0.6 is 11.6 Å². The lowest BCUT2D eigenvalue weighted by Crippen LogP contribution is -2.47. The zero-order valence-corrected chi connectivity index (χ0v) is 14.1. The van der Waals surface area contributed by atoms with E-state index >= 15 is 0 Å². The second-order valence-corrected chi connectivity index (χ2v) is 7.55. The molecular weight excluding hydrogens is 289 g/mol. The number of hydrogen-bond donors (Lipinski definition) is 1. The zero-order valence-electron chi connectivity index (χ0n) is 13.3. The molecule has 0 saturated carbocycles. The second kappa shape index (κ2) is 6.23. The van der Waals surface area contributed by atoms with Crippen LogP contribution in [-0.4, -0.2) is 24.8 Å². The number of halogens is 2. The maximum Gasteiger partial charge on any atom is 0.123 e.